The summed E-state index contributed by atoms with van der Waals surface area (Å²) in [4.78, 5) is 11.4. The first-order valence-electron chi connectivity index (χ1n) is 6.94. The molecule has 0 saturated carbocycles. The second kappa shape index (κ2) is 6.30. The monoisotopic (exact) mass is 306 g/mol. The van der Waals surface area contributed by atoms with Crippen molar-refractivity contribution in [2.24, 2.45) is 0 Å². The minimum Gasteiger partial charge on any atom is -0.444 e. The van der Waals surface area contributed by atoms with Crippen LogP contribution >= 0.6 is 0 Å². The molecular weight excluding hydrogens is 280 g/mol. The third-order valence-electron chi connectivity index (χ3n) is 3.08. The Morgan fingerprint density at radius 1 is 1.30 bits per heavy atom. The lowest BCUT2D eigenvalue weighted by molar-refractivity contribution is 0.0527. The summed E-state index contributed by atoms with van der Waals surface area (Å²) >= 11 is 0. The fourth-order valence-electron chi connectivity index (χ4n) is 2.13. The van der Waals surface area contributed by atoms with Crippen LogP contribution in [0.1, 0.15) is 40.5 Å². The molecule has 0 aromatic carbocycles. The van der Waals surface area contributed by atoms with Gasteiger partial charge in [0.05, 0.1) is 11.5 Å². The maximum Gasteiger partial charge on any atom is 0.407 e. The average Bonchev–Trinajstić information content (AvgIpc) is 2.50. The predicted molar refractivity (Wildman–Crippen MR) is 78.5 cm³/mol. The Bertz CT molecular complexity index is 442. The van der Waals surface area contributed by atoms with E-state index in [0.29, 0.717) is 19.5 Å². The van der Waals surface area contributed by atoms with Gasteiger partial charge in [-0.25, -0.2) is 13.2 Å². The zero-order chi connectivity index (χ0) is 15.4. The second-order valence-electron chi connectivity index (χ2n) is 6.61. The highest BCUT2D eigenvalue weighted by Crippen LogP contribution is 2.22. The van der Waals surface area contributed by atoms with Gasteiger partial charge in [-0.2, -0.15) is 0 Å². The lowest BCUT2D eigenvalue weighted by atomic mass is 10.0. The number of hydrogen-bond donors (Lipinski definition) is 2. The number of amides is 1. The second-order valence-corrected chi connectivity index (χ2v) is 8.80. The smallest absolute Gasteiger partial charge is 0.407 e. The lowest BCUT2D eigenvalue weighted by Gasteiger charge is -2.24. The Morgan fingerprint density at radius 2 is 1.95 bits per heavy atom. The van der Waals surface area contributed by atoms with Crippen molar-refractivity contribution >= 4 is 15.9 Å². The molecule has 1 saturated heterocycles. The molecule has 7 heteroatoms. The molecule has 1 heterocycles. The first-order valence-corrected chi connectivity index (χ1v) is 8.76. The summed E-state index contributed by atoms with van der Waals surface area (Å²) in [6, 6.07) is 0. The largest absolute Gasteiger partial charge is 0.444 e. The molecule has 2 N–H and O–H groups in total. The molecule has 0 aromatic rings. The number of hydrogen-bond acceptors (Lipinski definition) is 5. The molecule has 0 bridgehead atoms. The van der Waals surface area contributed by atoms with E-state index in [4.69, 9.17) is 4.74 Å². The number of carbonyl (C=O) groups excluding carboxylic acids is 1. The minimum atomic E-state index is -2.88. The zero-order valence-electron chi connectivity index (χ0n) is 12.8. The summed E-state index contributed by atoms with van der Waals surface area (Å²) in [5, 5.41) is 5.94. The van der Waals surface area contributed by atoms with Crippen LogP contribution < -0.4 is 10.6 Å². The van der Waals surface area contributed by atoms with Gasteiger partial charge in [-0.3, -0.25) is 0 Å². The van der Waals surface area contributed by atoms with Crippen LogP contribution in [0, 0.1) is 0 Å². The van der Waals surface area contributed by atoms with E-state index in [1.54, 1.807) is 0 Å². The quantitative estimate of drug-likeness (QED) is 0.742. The van der Waals surface area contributed by atoms with Crippen molar-refractivity contribution in [2.45, 2.75) is 51.7 Å². The number of sulfone groups is 1. The first-order chi connectivity index (χ1) is 9.02. The van der Waals surface area contributed by atoms with Gasteiger partial charge in [0.25, 0.3) is 0 Å². The van der Waals surface area contributed by atoms with E-state index in [1.807, 2.05) is 27.7 Å². The number of carbonyl (C=O) groups is 1. The van der Waals surface area contributed by atoms with E-state index in [-0.39, 0.29) is 17.0 Å². The average molecular weight is 306 g/mol. The molecule has 1 aliphatic heterocycles. The summed E-state index contributed by atoms with van der Waals surface area (Å²) < 4.78 is 28.0. The summed E-state index contributed by atoms with van der Waals surface area (Å²) in [5.74, 6) is 0.451. The van der Waals surface area contributed by atoms with Gasteiger partial charge >= 0.3 is 6.09 Å². The van der Waals surface area contributed by atoms with E-state index < -0.39 is 21.5 Å². The van der Waals surface area contributed by atoms with E-state index in [1.165, 1.54) is 0 Å². The fourth-order valence-corrected chi connectivity index (χ4v) is 4.26. The first kappa shape index (κ1) is 17.2. The van der Waals surface area contributed by atoms with Crippen molar-refractivity contribution in [2.75, 3.05) is 24.6 Å². The van der Waals surface area contributed by atoms with Crippen LogP contribution in [0.4, 0.5) is 4.79 Å². The number of rotatable bonds is 5. The Kier molecular flexibility index (Phi) is 5.43. The van der Waals surface area contributed by atoms with Gasteiger partial charge < -0.3 is 15.4 Å². The third-order valence-corrected chi connectivity index (χ3v) is 4.98. The summed E-state index contributed by atoms with van der Waals surface area (Å²) in [7, 11) is -2.88. The van der Waals surface area contributed by atoms with Crippen LogP contribution in [-0.4, -0.2) is 50.2 Å². The van der Waals surface area contributed by atoms with Crippen molar-refractivity contribution in [3.05, 3.63) is 0 Å². The molecule has 0 radical (unpaired) electrons. The van der Waals surface area contributed by atoms with Crippen molar-refractivity contribution in [1.82, 2.24) is 10.6 Å². The predicted octanol–water partition coefficient (Wildman–Crippen LogP) is 1.07. The van der Waals surface area contributed by atoms with Crippen LogP contribution in [0.3, 0.4) is 0 Å². The number of ether oxygens (including phenoxy) is 1. The summed E-state index contributed by atoms with van der Waals surface area (Å²) in [5.41, 5.74) is -0.821. The topological polar surface area (TPSA) is 84.5 Å². The fraction of sp³-hybridized carbons (Fsp3) is 0.923. The molecular formula is C13H26N2O4S. The highest BCUT2D eigenvalue weighted by molar-refractivity contribution is 7.91. The molecule has 1 fully saturated rings. The number of alkyl carbamates (subject to hydrolysis) is 1. The van der Waals surface area contributed by atoms with Crippen molar-refractivity contribution in [3.63, 3.8) is 0 Å². The van der Waals surface area contributed by atoms with Gasteiger partial charge in [0, 0.05) is 12.1 Å². The molecule has 0 aliphatic carbocycles. The minimum absolute atomic E-state index is 0.194. The Hall–Kier alpha value is -0.820. The molecule has 118 valence electrons. The molecule has 0 spiro atoms. The molecule has 1 atom stereocenters. The van der Waals surface area contributed by atoms with Crippen LogP contribution in [0.2, 0.25) is 0 Å². The van der Waals surface area contributed by atoms with Gasteiger partial charge in [0.1, 0.15) is 5.60 Å². The van der Waals surface area contributed by atoms with Crippen LogP contribution in [-0.2, 0) is 14.6 Å². The van der Waals surface area contributed by atoms with Gasteiger partial charge in [-0.15, -0.1) is 0 Å². The Balaban J connectivity index is 2.16. The molecule has 6 nitrogen and oxygen atoms in total. The van der Waals surface area contributed by atoms with Gasteiger partial charge in [-0.1, -0.05) is 0 Å². The SMILES string of the molecule is CC1(NCCCNC(=O)OC(C)(C)C)CCS(=O)(=O)C1. The van der Waals surface area contributed by atoms with Crippen LogP contribution in [0.15, 0.2) is 0 Å². The normalized spacial score (nSPS) is 25.4. The van der Waals surface area contributed by atoms with Gasteiger partial charge in [0.15, 0.2) is 9.84 Å². The molecule has 0 aromatic heterocycles. The van der Waals surface area contributed by atoms with E-state index in [9.17, 15) is 13.2 Å². The van der Waals surface area contributed by atoms with Gasteiger partial charge in [0.2, 0.25) is 0 Å². The van der Waals surface area contributed by atoms with Crippen molar-refractivity contribution < 1.29 is 17.9 Å². The molecule has 1 rings (SSSR count). The zero-order valence-corrected chi connectivity index (χ0v) is 13.6. The highest BCUT2D eigenvalue weighted by atomic mass is 32.2. The lowest BCUT2D eigenvalue weighted by Crippen LogP contribution is -2.44. The van der Waals surface area contributed by atoms with Crippen molar-refractivity contribution in [3.8, 4) is 0 Å². The van der Waals surface area contributed by atoms with E-state index in [2.05, 4.69) is 10.6 Å². The van der Waals surface area contributed by atoms with Gasteiger partial charge in [-0.05, 0) is 47.1 Å². The maximum atomic E-state index is 11.4. The maximum absolute atomic E-state index is 11.4. The molecule has 1 unspecified atom stereocenters. The third kappa shape index (κ3) is 6.56. The Labute approximate surface area is 121 Å². The Morgan fingerprint density at radius 3 is 2.45 bits per heavy atom. The van der Waals surface area contributed by atoms with Crippen molar-refractivity contribution in [1.29, 1.82) is 0 Å². The van der Waals surface area contributed by atoms with E-state index >= 15 is 0 Å². The van der Waals surface area contributed by atoms with Crippen LogP contribution in [0.5, 0.6) is 0 Å². The summed E-state index contributed by atoms with van der Waals surface area (Å²) in [6.45, 7) is 8.55. The van der Waals surface area contributed by atoms with E-state index in [0.717, 1.165) is 6.42 Å². The molecule has 1 amide bonds. The number of nitrogens with one attached hydrogen (secondary N) is 2. The molecule has 1 aliphatic rings. The van der Waals surface area contributed by atoms with Crippen LogP contribution in [0.25, 0.3) is 0 Å². The standard InChI is InChI=1S/C13H26N2O4S/c1-12(2,3)19-11(16)14-7-5-8-15-13(4)6-9-20(17,18)10-13/h15H,5-10H2,1-4H3,(H,14,16). The molecule has 20 heavy (non-hydrogen) atoms. The highest BCUT2D eigenvalue weighted by Gasteiger charge is 2.37. The summed E-state index contributed by atoms with van der Waals surface area (Å²) in [6.07, 6.45) is 0.955.